The van der Waals surface area contributed by atoms with E-state index in [2.05, 4.69) is 33.6 Å². The van der Waals surface area contributed by atoms with Crippen LogP contribution in [0.1, 0.15) is 29.6 Å². The fourth-order valence-electron chi connectivity index (χ4n) is 3.09. The van der Waals surface area contributed by atoms with Crippen LogP contribution < -0.4 is 11.1 Å². The number of nitrogens with one attached hydrogen (secondary N) is 1. The van der Waals surface area contributed by atoms with Crippen molar-refractivity contribution in [1.82, 2.24) is 14.8 Å². The van der Waals surface area contributed by atoms with Gasteiger partial charge in [-0.15, -0.1) is 5.10 Å². The quantitative estimate of drug-likeness (QED) is 0.754. The molecule has 0 radical (unpaired) electrons. The van der Waals surface area contributed by atoms with E-state index in [1.165, 1.54) is 5.56 Å². The molecule has 0 amide bonds. The fourth-order valence-corrected chi connectivity index (χ4v) is 3.29. The number of aromatic nitrogens is 3. The first-order valence-electron chi connectivity index (χ1n) is 7.49. The second-order valence-corrected chi connectivity index (χ2v) is 6.09. The Kier molecular flexibility index (Phi) is 3.42. The van der Waals surface area contributed by atoms with Gasteiger partial charge in [0.05, 0.1) is 12.1 Å². The molecule has 1 aromatic heterocycles. The maximum atomic E-state index is 6.16. The molecule has 0 saturated heterocycles. The van der Waals surface area contributed by atoms with Crippen LogP contribution in [0, 0.1) is 0 Å². The van der Waals surface area contributed by atoms with Crippen LogP contribution in [0.2, 0.25) is 5.02 Å². The summed E-state index contributed by atoms with van der Waals surface area (Å²) in [6.45, 7) is 0. The summed E-state index contributed by atoms with van der Waals surface area (Å²) in [7, 11) is 0. The molecule has 0 saturated carbocycles. The van der Waals surface area contributed by atoms with E-state index in [0.717, 1.165) is 12.0 Å². The summed E-state index contributed by atoms with van der Waals surface area (Å²) >= 11 is 6.16. The van der Waals surface area contributed by atoms with Crippen molar-refractivity contribution in [2.24, 2.45) is 0 Å². The molecule has 3 aromatic rings. The van der Waals surface area contributed by atoms with Crippen LogP contribution in [0.15, 0.2) is 54.6 Å². The number of halogens is 1. The summed E-state index contributed by atoms with van der Waals surface area (Å²) in [5.74, 6) is 0.959. The summed E-state index contributed by atoms with van der Waals surface area (Å²) in [4.78, 5) is 4.31. The molecular formula is C17H16ClN5. The number of benzene rings is 2. The van der Waals surface area contributed by atoms with Gasteiger partial charge in [0.2, 0.25) is 11.9 Å². The van der Waals surface area contributed by atoms with E-state index in [4.69, 9.17) is 17.3 Å². The van der Waals surface area contributed by atoms with Gasteiger partial charge in [-0.3, -0.25) is 0 Å². The van der Waals surface area contributed by atoms with Crippen LogP contribution in [0.4, 0.5) is 11.9 Å². The summed E-state index contributed by atoms with van der Waals surface area (Å²) < 4.78 is 1.85. The molecule has 2 heterocycles. The van der Waals surface area contributed by atoms with Gasteiger partial charge >= 0.3 is 0 Å². The average Bonchev–Trinajstić information content (AvgIpc) is 2.95. The number of anilines is 2. The number of hydrogen-bond acceptors (Lipinski definition) is 4. The van der Waals surface area contributed by atoms with Crippen molar-refractivity contribution in [2.75, 3.05) is 11.1 Å². The average molecular weight is 326 g/mol. The van der Waals surface area contributed by atoms with Gasteiger partial charge in [-0.1, -0.05) is 54.1 Å². The van der Waals surface area contributed by atoms with Crippen molar-refractivity contribution >= 4 is 23.5 Å². The lowest BCUT2D eigenvalue weighted by Crippen LogP contribution is -2.28. The number of nitrogens with two attached hydrogens (primary N) is 1. The molecule has 23 heavy (non-hydrogen) atoms. The molecule has 0 unspecified atom stereocenters. The highest BCUT2D eigenvalue weighted by Gasteiger charge is 2.30. The third-order valence-electron chi connectivity index (χ3n) is 4.14. The van der Waals surface area contributed by atoms with E-state index < -0.39 is 0 Å². The summed E-state index contributed by atoms with van der Waals surface area (Å²) in [6.07, 6.45) is 0.847. The molecular weight excluding hydrogens is 310 g/mol. The Bertz CT molecular complexity index is 830. The minimum Gasteiger partial charge on any atom is -0.366 e. The number of hydrogen-bond donors (Lipinski definition) is 2. The van der Waals surface area contributed by atoms with Crippen molar-refractivity contribution in [1.29, 1.82) is 0 Å². The Balaban J connectivity index is 1.78. The van der Waals surface area contributed by atoms with Crippen LogP contribution in [0.5, 0.6) is 0 Å². The standard InChI is InChI=1S/C17H16ClN5/c18-13-8-4-7-12(9-13)15-10-14(11-5-2-1-3-6-11)20-17-21-16(19)22-23(15)17/h1-9,14-15H,10H2,(H3,19,20,21,22)/t14-,15-/m0/s1. The van der Waals surface area contributed by atoms with Gasteiger partial charge in [0.15, 0.2) is 0 Å². The van der Waals surface area contributed by atoms with E-state index in [1.807, 2.05) is 41.1 Å². The summed E-state index contributed by atoms with van der Waals surface area (Å²) in [5, 5.41) is 8.48. The highest BCUT2D eigenvalue weighted by atomic mass is 35.5. The topological polar surface area (TPSA) is 68.8 Å². The minimum atomic E-state index is 0.0416. The molecule has 0 aliphatic carbocycles. The predicted octanol–water partition coefficient (Wildman–Crippen LogP) is 3.66. The third kappa shape index (κ3) is 2.64. The molecule has 2 aromatic carbocycles. The lowest BCUT2D eigenvalue weighted by atomic mass is 9.93. The summed E-state index contributed by atoms with van der Waals surface area (Å²) in [5.41, 5.74) is 8.12. The van der Waals surface area contributed by atoms with Gasteiger partial charge in [-0.2, -0.15) is 4.98 Å². The highest BCUT2D eigenvalue weighted by molar-refractivity contribution is 6.30. The number of nitrogen functional groups attached to an aromatic ring is 1. The second-order valence-electron chi connectivity index (χ2n) is 5.65. The Morgan fingerprint density at radius 1 is 1.09 bits per heavy atom. The molecule has 116 valence electrons. The van der Waals surface area contributed by atoms with Crippen LogP contribution in [-0.2, 0) is 0 Å². The van der Waals surface area contributed by atoms with E-state index in [-0.39, 0.29) is 18.0 Å². The van der Waals surface area contributed by atoms with Crippen molar-refractivity contribution in [3.63, 3.8) is 0 Å². The van der Waals surface area contributed by atoms with E-state index in [1.54, 1.807) is 0 Å². The number of fused-ring (bicyclic) bond motifs is 1. The van der Waals surface area contributed by atoms with Gasteiger partial charge in [0.25, 0.3) is 0 Å². The first-order chi connectivity index (χ1) is 11.2. The zero-order valence-corrected chi connectivity index (χ0v) is 13.1. The molecule has 3 N–H and O–H groups in total. The predicted molar refractivity (Wildman–Crippen MR) is 91.4 cm³/mol. The van der Waals surface area contributed by atoms with Gasteiger partial charge in [-0.25, -0.2) is 4.68 Å². The Labute approximate surface area is 139 Å². The molecule has 0 fully saturated rings. The van der Waals surface area contributed by atoms with Crippen LogP contribution in [0.3, 0.4) is 0 Å². The normalized spacial score (nSPS) is 19.9. The van der Waals surface area contributed by atoms with Crippen LogP contribution >= 0.6 is 11.6 Å². The number of nitrogens with zero attached hydrogens (tertiary/aromatic N) is 3. The minimum absolute atomic E-state index is 0.0416. The molecule has 1 aliphatic rings. The first kappa shape index (κ1) is 14.1. The maximum Gasteiger partial charge on any atom is 0.241 e. The first-order valence-corrected chi connectivity index (χ1v) is 7.87. The Hall–Kier alpha value is -2.53. The van der Waals surface area contributed by atoms with Gasteiger partial charge in [-0.05, 0) is 29.7 Å². The zero-order chi connectivity index (χ0) is 15.8. The molecule has 0 bridgehead atoms. The van der Waals surface area contributed by atoms with Crippen molar-refractivity contribution in [3.8, 4) is 0 Å². The monoisotopic (exact) mass is 325 g/mol. The van der Waals surface area contributed by atoms with Gasteiger partial charge < -0.3 is 11.1 Å². The summed E-state index contributed by atoms with van der Waals surface area (Å²) in [6, 6.07) is 18.4. The molecule has 6 heteroatoms. The van der Waals surface area contributed by atoms with Gasteiger partial charge in [0.1, 0.15) is 0 Å². The smallest absolute Gasteiger partial charge is 0.241 e. The SMILES string of the molecule is Nc1nc2n(n1)[C@H](c1cccc(Cl)c1)C[C@@H](c1ccccc1)N2. The molecule has 4 rings (SSSR count). The molecule has 0 spiro atoms. The van der Waals surface area contributed by atoms with E-state index >= 15 is 0 Å². The molecule has 5 nitrogen and oxygen atoms in total. The lowest BCUT2D eigenvalue weighted by Gasteiger charge is -2.31. The highest BCUT2D eigenvalue weighted by Crippen LogP contribution is 2.38. The third-order valence-corrected chi connectivity index (χ3v) is 4.38. The van der Waals surface area contributed by atoms with Crippen molar-refractivity contribution in [3.05, 3.63) is 70.7 Å². The second kappa shape index (κ2) is 5.59. The van der Waals surface area contributed by atoms with E-state index in [9.17, 15) is 0 Å². The number of rotatable bonds is 2. The Morgan fingerprint density at radius 2 is 1.87 bits per heavy atom. The largest absolute Gasteiger partial charge is 0.366 e. The fraction of sp³-hybridized carbons (Fsp3) is 0.176. The van der Waals surface area contributed by atoms with Crippen molar-refractivity contribution < 1.29 is 0 Å². The van der Waals surface area contributed by atoms with Crippen molar-refractivity contribution in [2.45, 2.75) is 18.5 Å². The molecule has 2 atom stereocenters. The Morgan fingerprint density at radius 3 is 2.65 bits per heavy atom. The lowest BCUT2D eigenvalue weighted by molar-refractivity contribution is 0.431. The van der Waals surface area contributed by atoms with Crippen LogP contribution in [0.25, 0.3) is 0 Å². The van der Waals surface area contributed by atoms with Gasteiger partial charge in [0, 0.05) is 5.02 Å². The van der Waals surface area contributed by atoms with E-state index in [0.29, 0.717) is 11.0 Å². The van der Waals surface area contributed by atoms with Crippen LogP contribution in [-0.4, -0.2) is 14.8 Å². The maximum absolute atomic E-state index is 6.16. The zero-order valence-electron chi connectivity index (χ0n) is 12.4. The molecule has 1 aliphatic heterocycles.